The number of benzene rings is 1. The number of nitrogens with zero attached hydrogens (tertiary/aromatic N) is 2. The Bertz CT molecular complexity index is 879. The number of carbonyl (C=O) groups excluding carboxylic acids is 2. The highest BCUT2D eigenvalue weighted by atomic mass is 32.1. The Labute approximate surface area is 164 Å². The number of thiazole rings is 1. The molecule has 3 rings (SSSR count). The van der Waals surface area contributed by atoms with E-state index in [1.165, 1.54) is 28.4 Å². The van der Waals surface area contributed by atoms with Crippen LogP contribution in [-0.2, 0) is 22.3 Å². The highest BCUT2D eigenvalue weighted by molar-refractivity contribution is 7.09. The molecule has 0 saturated carbocycles. The summed E-state index contributed by atoms with van der Waals surface area (Å²) in [6.45, 7) is 4.39. The highest BCUT2D eigenvalue weighted by Gasteiger charge is 2.36. The fourth-order valence-electron chi connectivity index (χ4n) is 2.97. The lowest BCUT2D eigenvalue weighted by Gasteiger charge is -2.18. The van der Waals surface area contributed by atoms with Gasteiger partial charge in [-0.15, -0.1) is 11.3 Å². The zero-order valence-corrected chi connectivity index (χ0v) is 16.2. The second-order valence-electron chi connectivity index (χ2n) is 7.00. The van der Waals surface area contributed by atoms with Crippen LogP contribution in [0.5, 0.6) is 0 Å². The van der Waals surface area contributed by atoms with Crippen LogP contribution in [0.3, 0.4) is 0 Å². The van der Waals surface area contributed by atoms with Gasteiger partial charge in [0, 0.05) is 30.0 Å². The minimum Gasteiger partial charge on any atom is -0.350 e. The molecule has 28 heavy (non-hydrogen) atoms. The summed E-state index contributed by atoms with van der Waals surface area (Å²) in [6, 6.07) is 4.58. The number of hydrogen-bond acceptors (Lipinski definition) is 4. The van der Waals surface area contributed by atoms with Crippen LogP contribution in [0.1, 0.15) is 42.5 Å². The van der Waals surface area contributed by atoms with Crippen molar-refractivity contribution >= 4 is 28.8 Å². The summed E-state index contributed by atoms with van der Waals surface area (Å²) in [6.07, 6.45) is -4.52. The zero-order chi connectivity index (χ0) is 20.5. The van der Waals surface area contributed by atoms with Crippen molar-refractivity contribution in [1.29, 1.82) is 0 Å². The van der Waals surface area contributed by atoms with Crippen LogP contribution >= 0.6 is 11.3 Å². The van der Waals surface area contributed by atoms with E-state index >= 15 is 0 Å². The van der Waals surface area contributed by atoms with E-state index < -0.39 is 17.7 Å². The lowest BCUT2D eigenvalue weighted by Crippen LogP contribution is -2.32. The lowest BCUT2D eigenvalue weighted by molar-refractivity contribution is -0.137. The molecule has 150 valence electrons. The molecule has 1 aliphatic heterocycles. The van der Waals surface area contributed by atoms with Crippen LogP contribution in [-0.4, -0.2) is 23.3 Å². The lowest BCUT2D eigenvalue weighted by atomic mass is 10.1. The topological polar surface area (TPSA) is 62.3 Å². The summed E-state index contributed by atoms with van der Waals surface area (Å²) in [4.78, 5) is 30.3. The normalized spacial score (nSPS) is 17.4. The van der Waals surface area contributed by atoms with Gasteiger partial charge in [-0.2, -0.15) is 13.2 Å². The number of nitrogens with one attached hydrogen (secondary N) is 1. The fraction of sp³-hybridized carbons (Fsp3) is 0.421. The maximum Gasteiger partial charge on any atom is 0.416 e. The summed E-state index contributed by atoms with van der Waals surface area (Å²) in [5.41, 5.74) is 0.0764. The first-order valence-electron chi connectivity index (χ1n) is 8.84. The molecule has 2 heterocycles. The van der Waals surface area contributed by atoms with Crippen molar-refractivity contribution in [1.82, 2.24) is 10.3 Å². The average molecular weight is 411 g/mol. The van der Waals surface area contributed by atoms with Crippen molar-refractivity contribution in [2.75, 3.05) is 11.4 Å². The van der Waals surface area contributed by atoms with Crippen LogP contribution in [0.4, 0.5) is 18.9 Å². The first kappa shape index (κ1) is 20.3. The molecule has 1 saturated heterocycles. The van der Waals surface area contributed by atoms with Crippen molar-refractivity contribution in [3.05, 3.63) is 45.9 Å². The summed E-state index contributed by atoms with van der Waals surface area (Å²) in [7, 11) is 0. The van der Waals surface area contributed by atoms with E-state index in [1.54, 1.807) is 0 Å². The Kier molecular flexibility index (Phi) is 5.74. The third kappa shape index (κ3) is 4.52. The van der Waals surface area contributed by atoms with Gasteiger partial charge in [0.2, 0.25) is 11.8 Å². The number of hydrogen-bond donors (Lipinski definition) is 1. The van der Waals surface area contributed by atoms with E-state index in [1.807, 2.05) is 19.2 Å². The second kappa shape index (κ2) is 7.90. The molecule has 1 N–H and O–H groups in total. The molecule has 0 radical (unpaired) electrons. The molecule has 1 atom stereocenters. The van der Waals surface area contributed by atoms with E-state index in [2.05, 4.69) is 10.3 Å². The smallest absolute Gasteiger partial charge is 0.350 e. The van der Waals surface area contributed by atoms with Crippen molar-refractivity contribution in [3.63, 3.8) is 0 Å². The molecule has 2 amide bonds. The van der Waals surface area contributed by atoms with E-state index in [-0.39, 0.29) is 37.0 Å². The molecule has 1 aromatic carbocycles. The number of aromatic nitrogens is 1. The Balaban J connectivity index is 1.63. The maximum absolute atomic E-state index is 12.9. The monoisotopic (exact) mass is 411 g/mol. The summed E-state index contributed by atoms with van der Waals surface area (Å²) < 4.78 is 38.7. The SMILES string of the molecule is CC(C)c1nc(CNC(=O)C2CC(=O)N(c3cccc(C(F)(F)F)c3)C2)cs1. The molecule has 0 spiro atoms. The number of alkyl halides is 3. The number of amides is 2. The molecular formula is C19H20F3N3O2S. The quantitative estimate of drug-likeness (QED) is 0.810. The number of rotatable bonds is 5. The molecule has 9 heteroatoms. The van der Waals surface area contributed by atoms with Gasteiger partial charge in [-0.05, 0) is 18.2 Å². The first-order valence-corrected chi connectivity index (χ1v) is 9.72. The standard InChI is InChI=1S/C19H20F3N3O2S/c1-11(2)18-24-14(10-28-18)8-23-17(27)12-6-16(26)25(9-12)15-5-3-4-13(7-15)19(20,21)22/h3-5,7,10-12H,6,8-9H2,1-2H3,(H,23,27). The van der Waals surface area contributed by atoms with Gasteiger partial charge in [0.15, 0.2) is 0 Å². The van der Waals surface area contributed by atoms with E-state index in [0.29, 0.717) is 5.92 Å². The predicted octanol–water partition coefficient (Wildman–Crippen LogP) is 3.95. The number of carbonyl (C=O) groups is 2. The van der Waals surface area contributed by atoms with Crippen LogP contribution in [0.25, 0.3) is 0 Å². The second-order valence-corrected chi connectivity index (χ2v) is 7.89. The predicted molar refractivity (Wildman–Crippen MR) is 100.0 cm³/mol. The summed E-state index contributed by atoms with van der Waals surface area (Å²) in [5, 5.41) is 5.63. The van der Waals surface area contributed by atoms with Gasteiger partial charge in [0.25, 0.3) is 0 Å². The minimum atomic E-state index is -4.49. The van der Waals surface area contributed by atoms with Crippen LogP contribution in [0.15, 0.2) is 29.6 Å². The van der Waals surface area contributed by atoms with Crippen molar-refractivity contribution in [3.8, 4) is 0 Å². The molecule has 0 aliphatic carbocycles. The van der Waals surface area contributed by atoms with Crippen LogP contribution < -0.4 is 10.2 Å². The molecule has 2 aromatic rings. The van der Waals surface area contributed by atoms with Crippen LogP contribution in [0.2, 0.25) is 0 Å². The third-order valence-corrected chi connectivity index (χ3v) is 5.68. The number of anilines is 1. The van der Waals surface area contributed by atoms with E-state index in [9.17, 15) is 22.8 Å². The highest BCUT2D eigenvalue weighted by Crippen LogP contribution is 2.33. The van der Waals surface area contributed by atoms with Crippen molar-refractivity contribution < 1.29 is 22.8 Å². The van der Waals surface area contributed by atoms with E-state index in [4.69, 9.17) is 0 Å². The maximum atomic E-state index is 12.9. The van der Waals surface area contributed by atoms with Crippen molar-refractivity contribution in [2.24, 2.45) is 5.92 Å². The minimum absolute atomic E-state index is 0.0314. The van der Waals surface area contributed by atoms with Gasteiger partial charge in [0.1, 0.15) is 0 Å². The van der Waals surface area contributed by atoms with Gasteiger partial charge >= 0.3 is 6.18 Å². The van der Waals surface area contributed by atoms with Gasteiger partial charge in [-0.25, -0.2) is 4.98 Å². The molecule has 0 bridgehead atoms. The Morgan fingerprint density at radius 2 is 2.14 bits per heavy atom. The Hall–Kier alpha value is -2.42. The Morgan fingerprint density at radius 3 is 2.79 bits per heavy atom. The molecule has 1 unspecified atom stereocenters. The van der Waals surface area contributed by atoms with Crippen LogP contribution in [0, 0.1) is 5.92 Å². The molecular weight excluding hydrogens is 391 g/mol. The van der Waals surface area contributed by atoms with E-state index in [0.717, 1.165) is 22.8 Å². The van der Waals surface area contributed by atoms with Gasteiger partial charge in [-0.1, -0.05) is 19.9 Å². The summed E-state index contributed by atoms with van der Waals surface area (Å²) >= 11 is 1.53. The fourth-order valence-corrected chi connectivity index (χ4v) is 3.81. The average Bonchev–Trinajstić information content (AvgIpc) is 3.26. The van der Waals surface area contributed by atoms with Crippen molar-refractivity contribution in [2.45, 2.75) is 38.9 Å². The number of halogens is 3. The zero-order valence-electron chi connectivity index (χ0n) is 15.4. The van der Waals surface area contributed by atoms with Gasteiger partial charge in [0.05, 0.1) is 28.7 Å². The Morgan fingerprint density at radius 1 is 1.39 bits per heavy atom. The largest absolute Gasteiger partial charge is 0.416 e. The summed E-state index contributed by atoms with van der Waals surface area (Å²) in [5.74, 6) is -0.967. The third-order valence-electron chi connectivity index (χ3n) is 4.49. The molecule has 1 aliphatic rings. The molecule has 1 fully saturated rings. The molecule has 1 aromatic heterocycles. The van der Waals surface area contributed by atoms with Gasteiger partial charge < -0.3 is 10.2 Å². The molecule has 5 nitrogen and oxygen atoms in total. The first-order chi connectivity index (χ1) is 13.1. The van der Waals surface area contributed by atoms with Gasteiger partial charge in [-0.3, -0.25) is 9.59 Å².